The molecule has 0 amide bonds. The normalized spacial score (nSPS) is 9.56. The Morgan fingerprint density at radius 2 is 2.19 bits per heavy atom. The van der Waals surface area contributed by atoms with Crippen molar-refractivity contribution in [1.29, 1.82) is 0 Å². The fourth-order valence-corrected chi connectivity index (χ4v) is 1.33. The highest BCUT2D eigenvalue weighted by molar-refractivity contribution is 6.03. The highest BCUT2D eigenvalue weighted by Gasteiger charge is 2.19. The van der Waals surface area contributed by atoms with Crippen molar-refractivity contribution in [1.82, 2.24) is 0 Å². The number of carbonyl (C=O) groups is 2. The van der Waals surface area contributed by atoms with Gasteiger partial charge in [0.2, 0.25) is 0 Å². The maximum Gasteiger partial charge on any atom is 0.339 e. The smallest absolute Gasteiger partial charge is 0.339 e. The minimum Gasteiger partial charge on any atom is -0.478 e. The molecule has 84 valence electrons. The third-order valence-electron chi connectivity index (χ3n) is 2.04. The van der Waals surface area contributed by atoms with E-state index < -0.39 is 11.9 Å². The number of carboxylic acid groups (broad SMARTS) is 1. The van der Waals surface area contributed by atoms with Gasteiger partial charge in [-0.15, -0.1) is 0 Å². The molecule has 0 atom stereocenters. The van der Waals surface area contributed by atoms with Crippen molar-refractivity contribution in [3.05, 3.63) is 47.5 Å². The summed E-state index contributed by atoms with van der Waals surface area (Å²) in [6.45, 7) is 5.10. The van der Waals surface area contributed by atoms with Crippen LogP contribution in [0.2, 0.25) is 0 Å². The molecule has 1 aromatic rings. The average Bonchev–Trinajstić information content (AvgIpc) is 2.24. The molecular formula is C12H12O4. The third-order valence-corrected chi connectivity index (χ3v) is 2.04. The summed E-state index contributed by atoms with van der Waals surface area (Å²) >= 11 is 0. The summed E-state index contributed by atoms with van der Waals surface area (Å²) in [6.07, 6.45) is 1.42. The summed E-state index contributed by atoms with van der Waals surface area (Å²) in [7, 11) is 0. The summed E-state index contributed by atoms with van der Waals surface area (Å²) in [5.41, 5.74) is 0.575. The molecule has 0 aliphatic heterocycles. The van der Waals surface area contributed by atoms with Crippen molar-refractivity contribution in [2.24, 2.45) is 0 Å². The fourth-order valence-electron chi connectivity index (χ4n) is 1.33. The summed E-state index contributed by atoms with van der Waals surface area (Å²) in [4.78, 5) is 22.5. The molecule has 0 heterocycles. The molecule has 0 bridgehead atoms. The molecule has 0 aliphatic carbocycles. The molecule has 0 radical (unpaired) electrons. The number of hydrogen-bond donors (Lipinski definition) is 1. The van der Waals surface area contributed by atoms with Gasteiger partial charge in [0.25, 0.3) is 0 Å². The zero-order valence-electron chi connectivity index (χ0n) is 8.90. The second-order valence-corrected chi connectivity index (χ2v) is 3.19. The predicted molar refractivity (Wildman–Crippen MR) is 58.6 cm³/mol. The van der Waals surface area contributed by atoms with E-state index in [9.17, 15) is 9.59 Å². The van der Waals surface area contributed by atoms with Gasteiger partial charge in [-0.05, 0) is 18.6 Å². The lowest BCUT2D eigenvalue weighted by Gasteiger charge is -2.07. The molecule has 0 spiro atoms. The van der Waals surface area contributed by atoms with Crippen LogP contribution in [0.15, 0.2) is 30.9 Å². The number of hydrogen-bond acceptors (Lipinski definition) is 3. The number of ether oxygens (including phenoxy) is 1. The molecule has 1 aromatic carbocycles. The maximum atomic E-state index is 11.5. The van der Waals surface area contributed by atoms with Crippen molar-refractivity contribution in [2.75, 3.05) is 6.61 Å². The number of aromatic carboxylic acids is 1. The zero-order valence-corrected chi connectivity index (χ0v) is 8.90. The Balaban J connectivity index is 3.12. The van der Waals surface area contributed by atoms with E-state index in [1.165, 1.54) is 12.1 Å². The van der Waals surface area contributed by atoms with Gasteiger partial charge >= 0.3 is 11.9 Å². The van der Waals surface area contributed by atoms with Gasteiger partial charge in [-0.25, -0.2) is 9.59 Å². The molecule has 0 aliphatic rings. The van der Waals surface area contributed by atoms with E-state index in [-0.39, 0.29) is 17.7 Å². The summed E-state index contributed by atoms with van der Waals surface area (Å²) in [5, 5.41) is 8.99. The van der Waals surface area contributed by atoms with Crippen LogP contribution in [-0.2, 0) is 4.74 Å². The maximum absolute atomic E-state index is 11.5. The Labute approximate surface area is 93.2 Å². The Morgan fingerprint density at radius 3 is 2.75 bits per heavy atom. The number of esters is 1. The van der Waals surface area contributed by atoms with Gasteiger partial charge in [0.05, 0.1) is 11.1 Å². The van der Waals surface area contributed by atoms with Crippen LogP contribution in [-0.4, -0.2) is 23.7 Å². The van der Waals surface area contributed by atoms with Crippen LogP contribution < -0.4 is 0 Å². The van der Waals surface area contributed by atoms with Crippen molar-refractivity contribution in [3.8, 4) is 0 Å². The highest BCUT2D eigenvalue weighted by Crippen LogP contribution is 2.15. The second kappa shape index (κ2) is 5.11. The number of aryl methyl sites for hydroxylation is 1. The largest absolute Gasteiger partial charge is 0.478 e. The van der Waals surface area contributed by atoms with Crippen LogP contribution in [0.5, 0.6) is 0 Å². The fraction of sp³-hybridized carbons (Fsp3) is 0.167. The molecule has 1 rings (SSSR count). The van der Waals surface area contributed by atoms with Gasteiger partial charge in [-0.1, -0.05) is 24.8 Å². The summed E-state index contributed by atoms with van der Waals surface area (Å²) in [5.74, 6) is -1.79. The predicted octanol–water partition coefficient (Wildman–Crippen LogP) is 2.04. The number of carboxylic acids is 1. The monoisotopic (exact) mass is 220 g/mol. The Kier molecular flexibility index (Phi) is 3.83. The molecule has 1 N–H and O–H groups in total. The summed E-state index contributed by atoms with van der Waals surface area (Å²) < 4.78 is 4.80. The number of benzene rings is 1. The molecule has 4 heteroatoms. The van der Waals surface area contributed by atoms with Crippen LogP contribution in [0.25, 0.3) is 0 Å². The topological polar surface area (TPSA) is 63.6 Å². The highest BCUT2D eigenvalue weighted by atomic mass is 16.5. The van der Waals surface area contributed by atoms with E-state index in [1.54, 1.807) is 19.1 Å². The quantitative estimate of drug-likeness (QED) is 0.623. The van der Waals surface area contributed by atoms with Crippen molar-refractivity contribution < 1.29 is 19.4 Å². The summed E-state index contributed by atoms with van der Waals surface area (Å²) in [6, 6.07) is 4.68. The first-order valence-electron chi connectivity index (χ1n) is 4.69. The molecular weight excluding hydrogens is 208 g/mol. The lowest BCUT2D eigenvalue weighted by molar-refractivity contribution is 0.0536. The number of carbonyl (C=O) groups excluding carboxylic acids is 1. The van der Waals surface area contributed by atoms with Crippen LogP contribution >= 0.6 is 0 Å². The first-order valence-corrected chi connectivity index (χ1v) is 4.69. The minimum atomic E-state index is -1.14. The Hall–Kier alpha value is -2.10. The lowest BCUT2D eigenvalue weighted by atomic mass is 10.0. The van der Waals surface area contributed by atoms with Gasteiger partial charge in [0.1, 0.15) is 6.61 Å². The zero-order chi connectivity index (χ0) is 12.1. The van der Waals surface area contributed by atoms with Gasteiger partial charge in [-0.3, -0.25) is 0 Å². The molecule has 0 aromatic heterocycles. The first-order chi connectivity index (χ1) is 7.57. The van der Waals surface area contributed by atoms with Crippen molar-refractivity contribution >= 4 is 11.9 Å². The SMILES string of the molecule is C=CCOC(=O)c1cccc(C)c1C(=O)O. The van der Waals surface area contributed by atoms with E-state index in [4.69, 9.17) is 9.84 Å². The number of rotatable bonds is 4. The second-order valence-electron chi connectivity index (χ2n) is 3.19. The van der Waals surface area contributed by atoms with Crippen LogP contribution in [0.4, 0.5) is 0 Å². The Morgan fingerprint density at radius 1 is 1.50 bits per heavy atom. The van der Waals surface area contributed by atoms with E-state index >= 15 is 0 Å². The standard InChI is InChI=1S/C12H12O4/c1-3-7-16-12(15)9-6-4-5-8(2)10(9)11(13)14/h3-6H,1,7H2,2H3,(H,13,14). The van der Waals surface area contributed by atoms with Gasteiger partial charge in [0.15, 0.2) is 0 Å². The third kappa shape index (κ3) is 2.48. The van der Waals surface area contributed by atoms with Crippen LogP contribution in [0, 0.1) is 6.92 Å². The molecule has 0 saturated carbocycles. The van der Waals surface area contributed by atoms with Crippen LogP contribution in [0.1, 0.15) is 26.3 Å². The average molecular weight is 220 g/mol. The first kappa shape index (κ1) is 12.0. The van der Waals surface area contributed by atoms with Gasteiger partial charge in [0, 0.05) is 0 Å². The molecule has 16 heavy (non-hydrogen) atoms. The van der Waals surface area contributed by atoms with E-state index in [2.05, 4.69) is 6.58 Å². The molecule has 0 fully saturated rings. The van der Waals surface area contributed by atoms with Crippen molar-refractivity contribution in [3.63, 3.8) is 0 Å². The Bertz CT molecular complexity index is 435. The van der Waals surface area contributed by atoms with Gasteiger partial charge < -0.3 is 9.84 Å². The molecule has 4 nitrogen and oxygen atoms in total. The van der Waals surface area contributed by atoms with E-state index in [0.717, 1.165) is 0 Å². The lowest BCUT2D eigenvalue weighted by Crippen LogP contribution is -2.13. The molecule has 0 saturated heterocycles. The molecule has 0 unspecified atom stereocenters. The van der Waals surface area contributed by atoms with Crippen molar-refractivity contribution in [2.45, 2.75) is 6.92 Å². The van der Waals surface area contributed by atoms with E-state index in [1.807, 2.05) is 0 Å². The minimum absolute atomic E-state index is 0.0171. The van der Waals surface area contributed by atoms with Crippen LogP contribution in [0.3, 0.4) is 0 Å². The van der Waals surface area contributed by atoms with E-state index in [0.29, 0.717) is 5.56 Å². The van der Waals surface area contributed by atoms with Gasteiger partial charge in [-0.2, -0.15) is 0 Å².